The first-order chi connectivity index (χ1) is 58.4. The zero-order valence-electron chi connectivity index (χ0n) is 78.4. The first kappa shape index (κ1) is 91.2. The normalized spacial score (nSPS) is 46.4. The van der Waals surface area contributed by atoms with Gasteiger partial charge in [0.25, 0.3) is 0 Å². The van der Waals surface area contributed by atoms with E-state index in [1.165, 1.54) is 66.2 Å². The number of aliphatic carboxylic acids is 2. The number of hydrogen-bond donors (Lipinski definition) is 4. The lowest BCUT2D eigenvalue weighted by molar-refractivity contribution is -0.154. The average molecular weight is 1780 g/mol. The molecule has 124 heavy (non-hydrogen) atoms. The molecule has 684 valence electrons. The molecule has 4 N–H and O–H groups in total. The topological polar surface area (TPSA) is 273 Å². The van der Waals surface area contributed by atoms with E-state index in [1.807, 2.05) is 35.8 Å². The number of hydrogen-bond acceptors (Lipinski definition) is 13. The van der Waals surface area contributed by atoms with Gasteiger partial charge < -0.3 is 49.8 Å². The van der Waals surface area contributed by atoms with Gasteiger partial charge in [-0.3, -0.25) is 47.9 Å². The van der Waals surface area contributed by atoms with Crippen molar-refractivity contribution >= 4 is 75.3 Å². The highest BCUT2D eigenvalue weighted by atomic mass is 79.9. The molecule has 15 aliphatic carbocycles. The number of halogens is 1. The van der Waals surface area contributed by atoms with Gasteiger partial charge in [-0.15, -0.1) is 0 Å². The van der Waals surface area contributed by atoms with Crippen molar-refractivity contribution in [3.63, 3.8) is 0 Å². The number of carboxylic acids is 2. The minimum atomic E-state index is -0.600. The standard InChI is InChI=1S/C22H33NO3.C21H30BrNO3.C21H31NO3.C20H29NO3.C19H27NO3/c1-13-12-14-15-6-7-17(20(25)26-5)21(15,2)10-8-16(14)22(3)11-9-18(24)23(4)19(13)22;1-20-9-7-14-12(13(20)5-6-15(20)19(25)26-4)11-16(22)18-21(14,2)10-8-17(24)23(18)3;1-12-11-13-14-5-6-16(19(24)25)20(14,2)9-7-15(13)21(3)10-8-17(23)22(4)18(12)21;1-19-10-8-14-12(13(19)5-6-15(19)18(23)24-3)4-7-16-20(14,2)11-9-17(22)21-16;1-18-9-7-13-11(12(18)4-5-14(18)17(22)23)3-6-15-19(13,2)10-8-16(21)20-15/h14-17H,6-12H2,1-5H3;12-15H,5-11H2,1-4H3;13-16H,5-11H2,1-4H3,(H,24,25);7,12-15H,4-6,8-11H2,1-3H3,(H,21,22);6,11-14H,3-5,7-10H2,1-2H3,(H,20,21)(H,22,23)/t14?,15-,16?,17+,21-,22+;12?,13-,14?,15+,20-,21+;13?,14-,15?,16+,20-,21+;12?,13-,14?,15+,19-,20+;11?,12-,13?,14+,18-,19+/m00000/s1. The van der Waals surface area contributed by atoms with Crippen LogP contribution >= 0.6 is 15.9 Å². The molecule has 10 saturated carbocycles. The van der Waals surface area contributed by atoms with Crippen molar-refractivity contribution in [3.8, 4) is 0 Å². The van der Waals surface area contributed by atoms with Gasteiger partial charge in [0.05, 0.1) is 50.9 Å². The molecule has 21 heteroatoms. The van der Waals surface area contributed by atoms with Crippen molar-refractivity contribution in [2.24, 2.45) is 173 Å². The molecule has 0 aromatic carbocycles. The molecule has 0 bridgehead atoms. The molecule has 5 aliphatic heterocycles. The Bertz CT molecular complexity index is 4430. The molecular weight excluding hydrogens is 1630 g/mol. The van der Waals surface area contributed by atoms with Gasteiger partial charge in [0.15, 0.2) is 0 Å². The average Bonchev–Trinajstić information content (AvgIpc) is 1.36. The highest BCUT2D eigenvalue weighted by molar-refractivity contribution is 9.11. The van der Waals surface area contributed by atoms with Crippen molar-refractivity contribution in [1.82, 2.24) is 25.3 Å². The SMILES string of the molecule is CC1=C2N(C)C(=O)CC[C@]2(C)C2CC[C@]3(C)[C@@H](C(=O)O)CC[C@H]3C2C1.COC(=O)[C@H]1CC[C@H]2C3CC(Br)=C4N(C)C(=O)CC[C@]4(C)C3CC[C@]12C.COC(=O)[C@H]1CC[C@H]2C3CC(C)=C4N(C)C(=O)CC[C@]4(C)C3CC[C@]12C.COC(=O)[C@H]1CC[C@H]2C3CC=C4NC(=O)CC[C@]4(C)C3CC[C@]12C.C[C@]12CCC3C(CC=C4NC(=O)CC[C@@]43C)[C@@H]1CC[C@@H]2C(=O)O. The second kappa shape index (κ2) is 32.8. The van der Waals surface area contributed by atoms with Crippen molar-refractivity contribution in [1.29, 1.82) is 0 Å². The van der Waals surface area contributed by atoms with Crippen LogP contribution in [0, 0.1) is 173 Å². The number of likely N-dealkylation sites (tertiary alicyclic amines) is 3. The van der Waals surface area contributed by atoms with Gasteiger partial charge in [-0.2, -0.15) is 0 Å². The Labute approximate surface area is 747 Å². The number of methoxy groups -OCH3 is 3. The van der Waals surface area contributed by atoms with Crippen LogP contribution in [-0.2, 0) is 62.2 Å². The third-order valence-corrected chi connectivity index (χ3v) is 42.6. The number of piperidine rings is 5. The minimum Gasteiger partial charge on any atom is -0.481 e. The molecule has 0 spiro atoms. The van der Waals surface area contributed by atoms with E-state index in [0.29, 0.717) is 121 Å². The molecular formula is C103H150BrN5O15. The number of ether oxygens (including phenoxy) is 3. The molecule has 10 unspecified atom stereocenters. The Morgan fingerprint density at radius 2 is 0.605 bits per heavy atom. The minimum absolute atomic E-state index is 0.00794. The summed E-state index contributed by atoms with van der Waals surface area (Å²) in [6.07, 6.45) is 38.9. The predicted molar refractivity (Wildman–Crippen MR) is 476 cm³/mol. The maximum Gasteiger partial charge on any atom is 0.309 e. The van der Waals surface area contributed by atoms with Crippen LogP contribution in [0.2, 0.25) is 0 Å². The number of nitrogens with one attached hydrogen (secondary N) is 2. The molecule has 0 aromatic heterocycles. The van der Waals surface area contributed by atoms with Gasteiger partial charge >= 0.3 is 29.8 Å². The summed E-state index contributed by atoms with van der Waals surface area (Å²) in [4.78, 5) is 127. The molecule has 15 fully saturated rings. The maximum atomic E-state index is 12.4. The summed E-state index contributed by atoms with van der Waals surface area (Å²) in [5, 5.41) is 25.6. The van der Waals surface area contributed by atoms with Crippen molar-refractivity contribution < 1.29 is 72.4 Å². The van der Waals surface area contributed by atoms with Gasteiger partial charge in [0.1, 0.15) is 0 Å². The second-order valence-corrected chi connectivity index (χ2v) is 47.3. The number of carbonyl (C=O) groups is 10. The summed E-state index contributed by atoms with van der Waals surface area (Å²) in [6.45, 7) is 27.7. The fraction of sp³-hybridized carbons (Fsp3) is 0.806. The lowest BCUT2D eigenvalue weighted by atomic mass is 9.48. The maximum absolute atomic E-state index is 12.4. The van der Waals surface area contributed by atoms with E-state index in [1.54, 1.807) is 0 Å². The number of carboxylic acid groups (broad SMARTS) is 2. The van der Waals surface area contributed by atoms with E-state index in [0.717, 1.165) is 192 Å². The number of allylic oxidation sites excluding steroid dienone is 10. The van der Waals surface area contributed by atoms with Crippen molar-refractivity contribution in [2.45, 2.75) is 308 Å². The van der Waals surface area contributed by atoms with Crippen molar-refractivity contribution in [2.75, 3.05) is 42.5 Å². The second-order valence-electron chi connectivity index (χ2n) is 46.4. The quantitative estimate of drug-likeness (QED) is 0.147. The summed E-state index contributed by atoms with van der Waals surface area (Å²) in [7, 11) is 10.4. The van der Waals surface area contributed by atoms with Crippen LogP contribution < -0.4 is 10.6 Å². The largest absolute Gasteiger partial charge is 0.481 e. The molecule has 5 heterocycles. The van der Waals surface area contributed by atoms with E-state index >= 15 is 0 Å². The molecule has 20 nitrogen and oxygen atoms in total. The number of carbonyl (C=O) groups excluding carboxylic acids is 8. The third kappa shape index (κ3) is 14.0. The third-order valence-electron chi connectivity index (χ3n) is 41.9. The van der Waals surface area contributed by atoms with Crippen LogP contribution in [0.1, 0.15) is 308 Å². The molecule has 0 radical (unpaired) electrons. The van der Waals surface area contributed by atoms with Crippen molar-refractivity contribution in [3.05, 3.63) is 56.3 Å². The summed E-state index contributed by atoms with van der Waals surface area (Å²) >= 11 is 3.86. The molecule has 0 aromatic rings. The Morgan fingerprint density at radius 3 is 0.911 bits per heavy atom. The summed E-state index contributed by atoms with van der Waals surface area (Å²) in [5.74, 6) is 8.57. The van der Waals surface area contributed by atoms with Crippen LogP contribution in [0.4, 0.5) is 0 Å². The van der Waals surface area contributed by atoms with E-state index < -0.39 is 11.9 Å². The molecule has 5 saturated heterocycles. The molecule has 30 atom stereocenters. The van der Waals surface area contributed by atoms with E-state index in [4.69, 9.17) is 14.2 Å². The monoisotopic (exact) mass is 1780 g/mol. The first-order valence-corrected chi connectivity index (χ1v) is 49.5. The number of fused-ring (bicyclic) bond motifs is 25. The zero-order valence-corrected chi connectivity index (χ0v) is 80.0. The number of rotatable bonds is 5. The summed E-state index contributed by atoms with van der Waals surface area (Å²) < 4.78 is 16.6. The zero-order chi connectivity index (χ0) is 89.4. The fourth-order valence-corrected chi connectivity index (χ4v) is 36.8. The van der Waals surface area contributed by atoms with Crippen LogP contribution in [0.5, 0.6) is 0 Å². The van der Waals surface area contributed by atoms with Crippen LogP contribution in [-0.4, -0.2) is 127 Å². The number of nitrogens with zero attached hydrogens (tertiary/aromatic N) is 3. The Hall–Kier alpha value is -6.12. The molecule has 20 aliphatic rings. The van der Waals surface area contributed by atoms with Gasteiger partial charge in [-0.05, 0) is 322 Å². The lowest BCUT2D eigenvalue weighted by Crippen LogP contribution is -2.54. The first-order valence-electron chi connectivity index (χ1n) is 48.7. The number of amides is 5. The highest BCUT2D eigenvalue weighted by Gasteiger charge is 2.68. The molecule has 20 rings (SSSR count). The van der Waals surface area contributed by atoms with Crippen LogP contribution in [0.3, 0.4) is 0 Å². The van der Waals surface area contributed by atoms with Crippen LogP contribution in [0.15, 0.2) is 56.3 Å². The Morgan fingerprint density at radius 1 is 0.347 bits per heavy atom. The summed E-state index contributed by atoms with van der Waals surface area (Å²) in [6, 6.07) is 0. The van der Waals surface area contributed by atoms with Gasteiger partial charge in [0, 0.05) is 113 Å². The highest BCUT2D eigenvalue weighted by Crippen LogP contribution is 2.73. The summed E-state index contributed by atoms with van der Waals surface area (Å²) in [5.41, 5.74) is 9.50. The van der Waals surface area contributed by atoms with E-state index in [2.05, 4.69) is 122 Å². The van der Waals surface area contributed by atoms with Gasteiger partial charge in [-0.25, -0.2) is 0 Å². The number of esters is 3. The van der Waals surface area contributed by atoms with Gasteiger partial charge in [0.2, 0.25) is 29.5 Å². The molecule has 5 amide bonds. The Kier molecular flexibility index (Phi) is 24.1. The lowest BCUT2D eigenvalue weighted by Gasteiger charge is -2.59. The van der Waals surface area contributed by atoms with E-state index in [9.17, 15) is 58.2 Å². The Balaban J connectivity index is 0.000000115. The van der Waals surface area contributed by atoms with E-state index in [-0.39, 0.29) is 131 Å². The van der Waals surface area contributed by atoms with Crippen LogP contribution in [0.25, 0.3) is 0 Å². The fourth-order valence-electron chi connectivity index (χ4n) is 35.7. The smallest absolute Gasteiger partial charge is 0.309 e. The van der Waals surface area contributed by atoms with Gasteiger partial charge in [-0.1, -0.05) is 108 Å². The predicted octanol–water partition coefficient (Wildman–Crippen LogP) is 19.5.